The van der Waals surface area contributed by atoms with Crippen molar-refractivity contribution in [1.29, 1.82) is 0 Å². The van der Waals surface area contributed by atoms with Gasteiger partial charge in [0.1, 0.15) is 0 Å². The first-order valence-electron chi connectivity index (χ1n) is 10.5. The Labute approximate surface area is 185 Å². The second kappa shape index (κ2) is 12.1. The molecule has 30 heavy (non-hydrogen) atoms. The van der Waals surface area contributed by atoms with Crippen molar-refractivity contribution in [1.82, 2.24) is 5.06 Å². The average Bonchev–Trinajstić information content (AvgIpc) is 2.94. The maximum atomic E-state index is 10.8. The molecule has 0 bridgehead atoms. The van der Waals surface area contributed by atoms with Gasteiger partial charge in [0.05, 0.1) is 38.3 Å². The number of ether oxygens (including phenoxy) is 3. The molecule has 0 saturated carbocycles. The van der Waals surface area contributed by atoms with Gasteiger partial charge in [-0.3, -0.25) is 0 Å². The maximum absolute atomic E-state index is 10.8. The number of hydrogen-bond donors (Lipinski definition) is 1. The van der Waals surface area contributed by atoms with Gasteiger partial charge in [-0.2, -0.15) is 5.06 Å². The van der Waals surface area contributed by atoms with Crippen molar-refractivity contribution in [2.24, 2.45) is 0 Å². The maximum Gasteiger partial charge on any atom is 0.204 e. The van der Waals surface area contributed by atoms with E-state index in [1.807, 2.05) is 42.5 Å². The van der Waals surface area contributed by atoms with Crippen LogP contribution in [0, 0.1) is 0 Å². The molecule has 2 aromatic rings. The van der Waals surface area contributed by atoms with E-state index in [0.29, 0.717) is 23.8 Å². The molecule has 0 amide bonds. The van der Waals surface area contributed by atoms with Crippen LogP contribution < -0.4 is 14.2 Å². The van der Waals surface area contributed by atoms with Crippen molar-refractivity contribution in [3.8, 4) is 17.2 Å². The normalized spacial score (nSPS) is 18.5. The Morgan fingerprint density at radius 1 is 0.967 bits per heavy atom. The highest BCUT2D eigenvalue weighted by molar-refractivity contribution is 7.99. The highest BCUT2D eigenvalue weighted by atomic mass is 32.2. The lowest BCUT2D eigenvalue weighted by atomic mass is 9.91. The van der Waals surface area contributed by atoms with Crippen LogP contribution in [-0.2, 0) is 6.54 Å². The fourth-order valence-corrected chi connectivity index (χ4v) is 5.15. The van der Waals surface area contributed by atoms with E-state index in [1.54, 1.807) is 33.1 Å². The third-order valence-electron chi connectivity index (χ3n) is 5.53. The number of rotatable bonds is 7. The molecule has 0 aliphatic carbocycles. The fourth-order valence-electron chi connectivity index (χ4n) is 3.62. The number of benzene rings is 2. The number of hydrogen-bond acceptors (Lipinski definition) is 6. The average molecular weight is 434 g/mol. The molecule has 3 rings (SSSR count). The molecule has 2 aromatic carbocycles. The molecule has 1 atom stereocenters. The van der Waals surface area contributed by atoms with E-state index in [2.05, 4.69) is 13.8 Å². The summed E-state index contributed by atoms with van der Waals surface area (Å²) in [5.41, 5.74) is 0.786. The number of fused-ring (bicyclic) bond motifs is 1. The highest BCUT2D eigenvalue weighted by Gasteiger charge is 2.38. The van der Waals surface area contributed by atoms with E-state index in [1.165, 1.54) is 5.06 Å². The van der Waals surface area contributed by atoms with Gasteiger partial charge in [-0.1, -0.05) is 63.1 Å². The Morgan fingerprint density at radius 2 is 1.57 bits per heavy atom. The minimum Gasteiger partial charge on any atom is -0.493 e. The summed E-state index contributed by atoms with van der Waals surface area (Å²) in [5.74, 6) is 2.74. The second-order valence-electron chi connectivity index (χ2n) is 7.32. The zero-order valence-corrected chi connectivity index (χ0v) is 19.6. The topological polar surface area (TPSA) is 51.2 Å². The van der Waals surface area contributed by atoms with Crippen LogP contribution in [0.25, 0.3) is 0 Å². The molecule has 0 aromatic heterocycles. The summed E-state index contributed by atoms with van der Waals surface area (Å²) in [7, 11) is 4.87. The Bertz CT molecular complexity index is 745. The van der Waals surface area contributed by atoms with Gasteiger partial charge in [0, 0.05) is 5.75 Å². The minimum absolute atomic E-state index is 0.217. The molecular formula is C24H35NO4S. The van der Waals surface area contributed by atoms with Crippen LogP contribution >= 0.6 is 11.8 Å². The first-order chi connectivity index (χ1) is 14.6. The molecule has 1 aliphatic rings. The standard InChI is InChI=1S/C18H29NO4S.C6H6/c1-6-8-9-18(7-2)12-24-17-13(11-19(18)20)10-14(21-3)15(22-4)16(17)23-5;1-2-4-6-5-3-1/h10,20H,6-9,11-12H2,1-5H3;1-6H/t18-;/m1./s1. The predicted molar refractivity (Wildman–Crippen MR) is 123 cm³/mol. The van der Waals surface area contributed by atoms with Crippen LogP contribution in [-0.4, -0.2) is 42.9 Å². The zero-order chi connectivity index (χ0) is 22.0. The molecule has 5 nitrogen and oxygen atoms in total. The number of hydroxylamine groups is 2. The van der Waals surface area contributed by atoms with Gasteiger partial charge < -0.3 is 19.4 Å². The second-order valence-corrected chi connectivity index (χ2v) is 8.30. The van der Waals surface area contributed by atoms with Crippen molar-refractivity contribution in [3.05, 3.63) is 48.0 Å². The third kappa shape index (κ3) is 5.62. The predicted octanol–water partition coefficient (Wildman–Crippen LogP) is 6.03. The molecule has 166 valence electrons. The largest absolute Gasteiger partial charge is 0.493 e. The fraction of sp³-hybridized carbons (Fsp3) is 0.500. The molecule has 0 radical (unpaired) electrons. The number of methoxy groups -OCH3 is 3. The molecule has 6 heteroatoms. The summed E-state index contributed by atoms with van der Waals surface area (Å²) in [6, 6.07) is 13.9. The van der Waals surface area contributed by atoms with Gasteiger partial charge in [0.25, 0.3) is 0 Å². The van der Waals surface area contributed by atoms with E-state index in [-0.39, 0.29) is 5.54 Å². The van der Waals surface area contributed by atoms with Gasteiger partial charge in [0.15, 0.2) is 11.5 Å². The molecular weight excluding hydrogens is 398 g/mol. The van der Waals surface area contributed by atoms with E-state index in [0.717, 1.165) is 41.9 Å². The Morgan fingerprint density at radius 3 is 2.03 bits per heavy atom. The van der Waals surface area contributed by atoms with E-state index in [4.69, 9.17) is 14.2 Å². The molecule has 0 saturated heterocycles. The van der Waals surface area contributed by atoms with Crippen LogP contribution in [0.5, 0.6) is 17.2 Å². The van der Waals surface area contributed by atoms with Crippen LogP contribution in [0.1, 0.15) is 45.1 Å². The van der Waals surface area contributed by atoms with Crippen molar-refractivity contribution < 1.29 is 19.4 Å². The molecule has 0 unspecified atom stereocenters. The van der Waals surface area contributed by atoms with Crippen LogP contribution in [0.3, 0.4) is 0 Å². The van der Waals surface area contributed by atoms with Crippen molar-refractivity contribution in [2.45, 2.75) is 56.5 Å². The quantitative estimate of drug-likeness (QED) is 0.575. The van der Waals surface area contributed by atoms with Gasteiger partial charge >= 0.3 is 0 Å². The minimum atomic E-state index is -0.217. The van der Waals surface area contributed by atoms with E-state index in [9.17, 15) is 5.21 Å². The van der Waals surface area contributed by atoms with E-state index < -0.39 is 0 Å². The molecule has 0 spiro atoms. The lowest BCUT2D eigenvalue weighted by Gasteiger charge is -2.38. The number of unbranched alkanes of at least 4 members (excludes halogenated alkanes) is 1. The SMILES string of the molecule is CCCC[C@]1(CC)CSc2c(cc(OC)c(OC)c2OC)CN1O.c1ccccc1. The molecule has 0 fully saturated rings. The molecule has 1 N–H and O–H groups in total. The van der Waals surface area contributed by atoms with Crippen molar-refractivity contribution in [2.75, 3.05) is 27.1 Å². The lowest BCUT2D eigenvalue weighted by molar-refractivity contribution is -0.178. The lowest BCUT2D eigenvalue weighted by Crippen LogP contribution is -2.47. The zero-order valence-electron chi connectivity index (χ0n) is 18.8. The van der Waals surface area contributed by atoms with Crippen molar-refractivity contribution in [3.63, 3.8) is 0 Å². The van der Waals surface area contributed by atoms with Gasteiger partial charge in [-0.05, 0) is 24.5 Å². The summed E-state index contributed by atoms with van der Waals surface area (Å²) in [4.78, 5) is 1.03. The van der Waals surface area contributed by atoms with Crippen LogP contribution in [0.15, 0.2) is 47.4 Å². The first kappa shape index (κ1) is 24.4. The number of thioether (sulfide) groups is 1. The van der Waals surface area contributed by atoms with Gasteiger partial charge in [-0.15, -0.1) is 11.8 Å². The third-order valence-corrected chi connectivity index (χ3v) is 6.95. The van der Waals surface area contributed by atoms with Crippen LogP contribution in [0.2, 0.25) is 0 Å². The monoisotopic (exact) mass is 433 g/mol. The van der Waals surface area contributed by atoms with Gasteiger partial charge in [0.2, 0.25) is 5.75 Å². The first-order valence-corrected chi connectivity index (χ1v) is 11.5. The summed E-state index contributed by atoms with van der Waals surface area (Å²) in [5, 5.41) is 12.4. The van der Waals surface area contributed by atoms with Gasteiger partial charge in [-0.25, -0.2) is 0 Å². The molecule has 1 aliphatic heterocycles. The Kier molecular flexibility index (Phi) is 9.82. The summed E-state index contributed by atoms with van der Waals surface area (Å²) in [6.07, 6.45) is 4.11. The summed E-state index contributed by atoms with van der Waals surface area (Å²) in [6.45, 7) is 4.78. The van der Waals surface area contributed by atoms with Crippen LogP contribution in [0.4, 0.5) is 0 Å². The van der Waals surface area contributed by atoms with Crippen molar-refractivity contribution >= 4 is 11.8 Å². The summed E-state index contributed by atoms with van der Waals surface area (Å²) < 4.78 is 16.6. The summed E-state index contributed by atoms with van der Waals surface area (Å²) >= 11 is 1.73. The smallest absolute Gasteiger partial charge is 0.204 e. The Balaban J connectivity index is 0.000000456. The Hall–Kier alpha value is -1.89. The number of nitrogens with zero attached hydrogens (tertiary/aromatic N) is 1. The molecule has 1 heterocycles. The van der Waals surface area contributed by atoms with E-state index >= 15 is 0 Å². The highest BCUT2D eigenvalue weighted by Crippen LogP contribution is 2.50.